The van der Waals surface area contributed by atoms with Gasteiger partial charge < -0.3 is 9.80 Å². The van der Waals surface area contributed by atoms with Crippen LogP contribution in [0.3, 0.4) is 0 Å². The number of rotatable bonds is 10. The first-order valence-electron chi connectivity index (χ1n) is 13.3. The summed E-state index contributed by atoms with van der Waals surface area (Å²) < 4.78 is 81.4. The van der Waals surface area contributed by atoms with E-state index in [9.17, 15) is 26.3 Å². The van der Waals surface area contributed by atoms with E-state index >= 15 is 0 Å². The molecule has 2 aliphatic carbocycles. The lowest BCUT2D eigenvalue weighted by atomic mass is 10.0. The molecule has 2 aromatic heterocycles. The summed E-state index contributed by atoms with van der Waals surface area (Å²) in [4.78, 5) is 9.94. The molecule has 2 fully saturated rings. The molecule has 0 N–H and O–H groups in total. The van der Waals surface area contributed by atoms with Crippen molar-refractivity contribution in [2.75, 3.05) is 22.9 Å². The standard InChI is InChI=1S/C27H31F6N7/c1-16-8-17(2)34-24(39(12-18-4-5-18)13-19-6-7-19)23(16)15-40(25-35-37-38(3)36-25)14-20-9-21(26(28,29)30)11-22(10-20)27(31,32)33/h8-11,18-19H,4-7,12-15H2,1-3H3. The molecule has 3 aromatic rings. The maximum atomic E-state index is 13.6. The number of hydrogen-bond donors (Lipinski definition) is 0. The summed E-state index contributed by atoms with van der Waals surface area (Å²) in [5.41, 5.74) is -0.293. The topological polar surface area (TPSA) is 63.0 Å². The number of pyridine rings is 1. The van der Waals surface area contributed by atoms with Gasteiger partial charge in [0.15, 0.2) is 0 Å². The molecule has 13 heteroatoms. The van der Waals surface area contributed by atoms with E-state index in [4.69, 9.17) is 4.98 Å². The van der Waals surface area contributed by atoms with Crippen LogP contribution in [0.1, 0.15) is 59.2 Å². The average molecular weight is 568 g/mol. The van der Waals surface area contributed by atoms with Crippen LogP contribution in [0.4, 0.5) is 38.1 Å². The van der Waals surface area contributed by atoms with E-state index in [1.54, 1.807) is 4.90 Å². The number of halogens is 6. The summed E-state index contributed by atoms with van der Waals surface area (Å²) in [5.74, 6) is 2.08. The van der Waals surface area contributed by atoms with E-state index in [0.29, 0.717) is 11.8 Å². The van der Waals surface area contributed by atoms with Gasteiger partial charge in [0.2, 0.25) is 0 Å². The second-order valence-electron chi connectivity index (χ2n) is 11.0. The second-order valence-corrected chi connectivity index (χ2v) is 11.0. The molecule has 0 unspecified atom stereocenters. The maximum Gasteiger partial charge on any atom is 0.416 e. The Labute approximate surface area is 228 Å². The molecule has 40 heavy (non-hydrogen) atoms. The molecule has 7 nitrogen and oxygen atoms in total. The van der Waals surface area contributed by atoms with Gasteiger partial charge >= 0.3 is 12.4 Å². The summed E-state index contributed by atoms with van der Waals surface area (Å²) in [6.07, 6.45) is -5.24. The molecular formula is C27H31F6N7. The smallest absolute Gasteiger partial charge is 0.356 e. The van der Waals surface area contributed by atoms with Crippen LogP contribution in [0.5, 0.6) is 0 Å². The van der Waals surface area contributed by atoms with Crippen molar-refractivity contribution >= 4 is 11.8 Å². The Balaban J connectivity index is 1.54. The van der Waals surface area contributed by atoms with Gasteiger partial charge in [0.25, 0.3) is 5.95 Å². The molecule has 0 spiro atoms. The molecule has 2 aliphatic rings. The van der Waals surface area contributed by atoms with Crippen LogP contribution in [0.15, 0.2) is 24.3 Å². The Bertz CT molecular complexity index is 1310. The fraction of sp³-hybridized carbons (Fsp3) is 0.556. The van der Waals surface area contributed by atoms with Gasteiger partial charge in [-0.3, -0.25) is 0 Å². The van der Waals surface area contributed by atoms with Crippen molar-refractivity contribution in [2.24, 2.45) is 18.9 Å². The zero-order valence-corrected chi connectivity index (χ0v) is 22.5. The molecule has 5 rings (SSSR count). The van der Waals surface area contributed by atoms with Crippen molar-refractivity contribution < 1.29 is 26.3 Å². The van der Waals surface area contributed by atoms with Gasteiger partial charge in [-0.1, -0.05) is 5.10 Å². The van der Waals surface area contributed by atoms with Gasteiger partial charge in [0.1, 0.15) is 5.82 Å². The van der Waals surface area contributed by atoms with Crippen molar-refractivity contribution in [3.63, 3.8) is 0 Å². The lowest BCUT2D eigenvalue weighted by Crippen LogP contribution is -2.32. The third-order valence-electron chi connectivity index (χ3n) is 7.25. The first-order valence-corrected chi connectivity index (χ1v) is 13.3. The number of aryl methyl sites for hydroxylation is 3. The largest absolute Gasteiger partial charge is 0.416 e. The first-order chi connectivity index (χ1) is 18.8. The lowest BCUT2D eigenvalue weighted by molar-refractivity contribution is -0.143. The average Bonchev–Trinajstić information content (AvgIpc) is 3.79. The summed E-state index contributed by atoms with van der Waals surface area (Å²) in [5, 5.41) is 12.1. The number of tetrazole rings is 1. The molecule has 216 valence electrons. The van der Waals surface area contributed by atoms with E-state index in [1.165, 1.54) is 11.8 Å². The molecule has 0 amide bonds. The van der Waals surface area contributed by atoms with Crippen LogP contribution in [-0.2, 0) is 32.5 Å². The fourth-order valence-corrected chi connectivity index (χ4v) is 4.89. The van der Waals surface area contributed by atoms with Crippen LogP contribution in [0.2, 0.25) is 0 Å². The minimum atomic E-state index is -4.94. The number of nitrogens with zero attached hydrogens (tertiary/aromatic N) is 7. The monoisotopic (exact) mass is 567 g/mol. The van der Waals surface area contributed by atoms with E-state index in [2.05, 4.69) is 20.3 Å². The minimum Gasteiger partial charge on any atom is -0.356 e. The van der Waals surface area contributed by atoms with Gasteiger partial charge in [-0.15, -0.1) is 5.10 Å². The first kappa shape index (κ1) is 28.2. The Hall–Kier alpha value is -3.38. The molecule has 0 saturated heterocycles. The summed E-state index contributed by atoms with van der Waals surface area (Å²) in [6, 6.07) is 3.55. The van der Waals surface area contributed by atoms with E-state index in [0.717, 1.165) is 73.5 Å². The van der Waals surface area contributed by atoms with Gasteiger partial charge in [0.05, 0.1) is 24.7 Å². The second kappa shape index (κ2) is 10.5. The summed E-state index contributed by atoms with van der Waals surface area (Å²) in [6.45, 7) is 5.42. The Morgan fingerprint density at radius 3 is 1.88 bits per heavy atom. The molecule has 0 radical (unpaired) electrons. The molecule has 0 bridgehead atoms. The molecule has 0 atom stereocenters. The highest BCUT2D eigenvalue weighted by Gasteiger charge is 2.37. The molecule has 2 saturated carbocycles. The van der Waals surface area contributed by atoms with Gasteiger partial charge in [-0.25, -0.2) is 4.98 Å². The highest BCUT2D eigenvalue weighted by Crippen LogP contribution is 2.39. The summed E-state index contributed by atoms with van der Waals surface area (Å²) in [7, 11) is 1.54. The predicted molar refractivity (Wildman–Crippen MR) is 137 cm³/mol. The Morgan fingerprint density at radius 1 is 0.825 bits per heavy atom. The van der Waals surface area contributed by atoms with Crippen LogP contribution in [0, 0.1) is 25.7 Å². The fourth-order valence-electron chi connectivity index (χ4n) is 4.89. The van der Waals surface area contributed by atoms with E-state index < -0.39 is 23.5 Å². The van der Waals surface area contributed by atoms with Gasteiger partial charge in [0, 0.05) is 30.9 Å². The number of alkyl halides is 6. The number of anilines is 2. The predicted octanol–water partition coefficient (Wildman–Crippen LogP) is 6.09. The number of aromatic nitrogens is 5. The number of benzene rings is 1. The molecular weight excluding hydrogens is 536 g/mol. The number of hydrogen-bond acceptors (Lipinski definition) is 6. The van der Waals surface area contributed by atoms with Crippen molar-refractivity contribution in [3.05, 3.63) is 57.8 Å². The zero-order valence-electron chi connectivity index (χ0n) is 22.5. The van der Waals surface area contributed by atoms with Crippen LogP contribution < -0.4 is 9.80 Å². The van der Waals surface area contributed by atoms with Crippen molar-refractivity contribution in [2.45, 2.75) is 65.0 Å². The highest BCUT2D eigenvalue weighted by molar-refractivity contribution is 5.54. The van der Waals surface area contributed by atoms with Crippen LogP contribution in [0.25, 0.3) is 0 Å². The lowest BCUT2D eigenvalue weighted by Gasteiger charge is -2.30. The third-order valence-corrected chi connectivity index (χ3v) is 7.25. The van der Waals surface area contributed by atoms with Gasteiger partial charge in [-0.2, -0.15) is 31.1 Å². The maximum absolute atomic E-state index is 13.6. The summed E-state index contributed by atoms with van der Waals surface area (Å²) >= 11 is 0. The third kappa shape index (κ3) is 6.84. The molecule has 1 aromatic carbocycles. The Morgan fingerprint density at radius 2 is 1.40 bits per heavy atom. The van der Waals surface area contributed by atoms with Crippen molar-refractivity contribution in [3.8, 4) is 0 Å². The van der Waals surface area contributed by atoms with Crippen molar-refractivity contribution in [1.82, 2.24) is 25.2 Å². The Kier molecular flexibility index (Phi) is 7.43. The van der Waals surface area contributed by atoms with E-state index in [-0.39, 0.29) is 30.7 Å². The van der Waals surface area contributed by atoms with Crippen LogP contribution in [-0.4, -0.2) is 38.3 Å². The van der Waals surface area contributed by atoms with Crippen LogP contribution >= 0.6 is 0 Å². The SMILES string of the molecule is Cc1cc(C)c(CN(Cc2cc(C(F)(F)F)cc(C(F)(F)F)c2)c2nnn(C)n2)c(N(CC2CC2)CC2CC2)n1. The normalized spacial score (nSPS) is 15.9. The quantitative estimate of drug-likeness (QED) is 0.276. The molecule has 0 aliphatic heterocycles. The minimum absolute atomic E-state index is 0.0929. The zero-order chi connectivity index (χ0) is 28.8. The van der Waals surface area contributed by atoms with Crippen molar-refractivity contribution in [1.29, 1.82) is 0 Å². The molecule has 2 heterocycles. The van der Waals surface area contributed by atoms with E-state index in [1.807, 2.05) is 19.9 Å². The van der Waals surface area contributed by atoms with Gasteiger partial charge in [-0.05, 0) is 92.0 Å². The highest BCUT2D eigenvalue weighted by atomic mass is 19.4.